The van der Waals surface area contributed by atoms with Gasteiger partial charge in [-0.1, -0.05) is 30.3 Å². The summed E-state index contributed by atoms with van der Waals surface area (Å²) in [5.74, 6) is 0. The van der Waals surface area contributed by atoms with E-state index in [-0.39, 0.29) is 6.04 Å². The highest BCUT2D eigenvalue weighted by molar-refractivity contribution is 5.33. The van der Waals surface area contributed by atoms with Crippen LogP contribution in [0, 0.1) is 6.92 Å². The Kier molecular flexibility index (Phi) is 2.79. The molecule has 1 aromatic heterocycles. The van der Waals surface area contributed by atoms with Crippen molar-refractivity contribution < 1.29 is 0 Å². The van der Waals surface area contributed by atoms with E-state index in [1.165, 1.54) is 5.56 Å². The molecule has 0 spiro atoms. The van der Waals surface area contributed by atoms with Crippen LogP contribution in [0.5, 0.6) is 0 Å². The zero-order chi connectivity index (χ0) is 10.7. The molecule has 1 heterocycles. The lowest BCUT2D eigenvalue weighted by Crippen LogP contribution is -2.14. The van der Waals surface area contributed by atoms with Crippen LogP contribution in [-0.2, 0) is 0 Å². The van der Waals surface area contributed by atoms with Crippen LogP contribution in [0.4, 0.5) is 0 Å². The Labute approximate surface area is 89.8 Å². The number of hydrogen-bond donors (Lipinski definition) is 1. The van der Waals surface area contributed by atoms with Crippen molar-refractivity contribution in [3.63, 3.8) is 0 Å². The summed E-state index contributed by atoms with van der Waals surface area (Å²) in [6.07, 6.45) is 1.77. The standard InChI is InChI=1S/C13H14N2/c1-10-6-2-3-7-11(10)13(14)12-8-4-5-9-15-12/h2-9,13H,14H2,1H3. The topological polar surface area (TPSA) is 38.9 Å². The molecule has 0 bridgehead atoms. The summed E-state index contributed by atoms with van der Waals surface area (Å²) in [5, 5.41) is 0. The lowest BCUT2D eigenvalue weighted by atomic mass is 9.99. The molecule has 76 valence electrons. The molecule has 1 unspecified atom stereocenters. The molecule has 2 nitrogen and oxygen atoms in total. The zero-order valence-corrected chi connectivity index (χ0v) is 8.72. The molecule has 2 aromatic rings. The van der Waals surface area contributed by atoms with E-state index in [9.17, 15) is 0 Å². The molecule has 2 rings (SSSR count). The highest BCUT2D eigenvalue weighted by atomic mass is 14.8. The molecule has 0 saturated carbocycles. The summed E-state index contributed by atoms with van der Waals surface area (Å²) in [6.45, 7) is 2.07. The third-order valence-electron chi connectivity index (χ3n) is 2.53. The van der Waals surface area contributed by atoms with E-state index in [1.807, 2.05) is 30.3 Å². The molecule has 0 aliphatic heterocycles. The maximum Gasteiger partial charge on any atom is 0.0728 e. The van der Waals surface area contributed by atoms with Crippen LogP contribution in [0.1, 0.15) is 22.9 Å². The van der Waals surface area contributed by atoms with Gasteiger partial charge in [-0.25, -0.2) is 0 Å². The van der Waals surface area contributed by atoms with Crippen LogP contribution in [0.25, 0.3) is 0 Å². The summed E-state index contributed by atoms with van der Waals surface area (Å²) in [6, 6.07) is 13.8. The summed E-state index contributed by atoms with van der Waals surface area (Å²) in [5.41, 5.74) is 9.40. The second-order valence-electron chi connectivity index (χ2n) is 3.59. The molecule has 1 aromatic carbocycles. The minimum Gasteiger partial charge on any atom is -0.319 e. The molecule has 0 fully saturated rings. The monoisotopic (exact) mass is 198 g/mol. The van der Waals surface area contributed by atoms with Crippen molar-refractivity contribution in [1.82, 2.24) is 4.98 Å². The predicted molar refractivity (Wildman–Crippen MR) is 61.4 cm³/mol. The third-order valence-corrected chi connectivity index (χ3v) is 2.53. The van der Waals surface area contributed by atoms with Crippen LogP contribution in [0.3, 0.4) is 0 Å². The van der Waals surface area contributed by atoms with Crippen molar-refractivity contribution in [2.24, 2.45) is 5.73 Å². The highest BCUT2D eigenvalue weighted by Gasteiger charge is 2.10. The Morgan fingerprint density at radius 2 is 1.80 bits per heavy atom. The van der Waals surface area contributed by atoms with Gasteiger partial charge in [0.1, 0.15) is 0 Å². The molecule has 15 heavy (non-hydrogen) atoms. The van der Waals surface area contributed by atoms with Crippen molar-refractivity contribution in [3.05, 3.63) is 65.5 Å². The molecule has 0 amide bonds. The lowest BCUT2D eigenvalue weighted by molar-refractivity contribution is 0.821. The maximum absolute atomic E-state index is 6.15. The quantitative estimate of drug-likeness (QED) is 0.805. The first-order chi connectivity index (χ1) is 7.29. The van der Waals surface area contributed by atoms with Crippen molar-refractivity contribution in [1.29, 1.82) is 0 Å². The second-order valence-corrected chi connectivity index (χ2v) is 3.59. The molecule has 0 aliphatic rings. The minimum absolute atomic E-state index is 0.132. The van der Waals surface area contributed by atoms with Gasteiger partial charge in [-0.3, -0.25) is 4.98 Å². The average Bonchev–Trinajstić information content (AvgIpc) is 2.30. The van der Waals surface area contributed by atoms with Gasteiger partial charge in [0.05, 0.1) is 11.7 Å². The fraction of sp³-hybridized carbons (Fsp3) is 0.154. The van der Waals surface area contributed by atoms with Gasteiger partial charge < -0.3 is 5.73 Å². The molecule has 0 saturated heterocycles. The first-order valence-electron chi connectivity index (χ1n) is 5.01. The largest absolute Gasteiger partial charge is 0.319 e. The van der Waals surface area contributed by atoms with Crippen molar-refractivity contribution in [2.45, 2.75) is 13.0 Å². The zero-order valence-electron chi connectivity index (χ0n) is 8.72. The van der Waals surface area contributed by atoms with Gasteiger partial charge in [0.15, 0.2) is 0 Å². The van der Waals surface area contributed by atoms with Crippen LogP contribution in [0.2, 0.25) is 0 Å². The van der Waals surface area contributed by atoms with Crippen LogP contribution < -0.4 is 5.73 Å². The van der Waals surface area contributed by atoms with E-state index in [0.717, 1.165) is 11.3 Å². The molecular formula is C13H14N2. The molecular weight excluding hydrogens is 184 g/mol. The Morgan fingerprint density at radius 1 is 1.07 bits per heavy atom. The Balaban J connectivity index is 2.37. The molecule has 0 radical (unpaired) electrons. The van der Waals surface area contributed by atoms with Crippen LogP contribution in [-0.4, -0.2) is 4.98 Å². The first kappa shape index (κ1) is 9.87. The van der Waals surface area contributed by atoms with E-state index in [4.69, 9.17) is 5.73 Å². The van der Waals surface area contributed by atoms with Crippen molar-refractivity contribution >= 4 is 0 Å². The number of benzene rings is 1. The van der Waals surface area contributed by atoms with Crippen molar-refractivity contribution in [2.75, 3.05) is 0 Å². The highest BCUT2D eigenvalue weighted by Crippen LogP contribution is 2.20. The smallest absolute Gasteiger partial charge is 0.0728 e. The number of nitrogens with zero attached hydrogens (tertiary/aromatic N) is 1. The number of hydrogen-bond acceptors (Lipinski definition) is 2. The molecule has 1 atom stereocenters. The summed E-state index contributed by atoms with van der Waals surface area (Å²) in [7, 11) is 0. The number of aromatic nitrogens is 1. The van der Waals surface area contributed by atoms with E-state index in [1.54, 1.807) is 6.20 Å². The van der Waals surface area contributed by atoms with E-state index in [0.29, 0.717) is 0 Å². The number of rotatable bonds is 2. The van der Waals surface area contributed by atoms with Gasteiger partial charge in [0, 0.05) is 6.20 Å². The molecule has 2 N–H and O–H groups in total. The van der Waals surface area contributed by atoms with Gasteiger partial charge in [-0.15, -0.1) is 0 Å². The van der Waals surface area contributed by atoms with Gasteiger partial charge in [0.2, 0.25) is 0 Å². The fourth-order valence-electron chi connectivity index (χ4n) is 1.65. The number of nitrogens with two attached hydrogens (primary N) is 1. The second kappa shape index (κ2) is 4.24. The first-order valence-corrected chi connectivity index (χ1v) is 5.01. The molecule has 0 aliphatic carbocycles. The van der Waals surface area contributed by atoms with Gasteiger partial charge in [-0.2, -0.15) is 0 Å². The maximum atomic E-state index is 6.15. The Hall–Kier alpha value is -1.67. The van der Waals surface area contributed by atoms with Gasteiger partial charge in [0.25, 0.3) is 0 Å². The van der Waals surface area contributed by atoms with Crippen molar-refractivity contribution in [3.8, 4) is 0 Å². The van der Waals surface area contributed by atoms with Gasteiger partial charge in [-0.05, 0) is 30.2 Å². The average molecular weight is 198 g/mol. The fourth-order valence-corrected chi connectivity index (χ4v) is 1.65. The Bertz CT molecular complexity index is 437. The lowest BCUT2D eigenvalue weighted by Gasteiger charge is -2.13. The third kappa shape index (κ3) is 2.05. The Morgan fingerprint density at radius 3 is 2.47 bits per heavy atom. The SMILES string of the molecule is Cc1ccccc1C(N)c1ccccn1. The summed E-state index contributed by atoms with van der Waals surface area (Å²) < 4.78 is 0. The summed E-state index contributed by atoms with van der Waals surface area (Å²) >= 11 is 0. The normalized spacial score (nSPS) is 12.4. The van der Waals surface area contributed by atoms with E-state index in [2.05, 4.69) is 24.0 Å². The number of aryl methyl sites for hydroxylation is 1. The summed E-state index contributed by atoms with van der Waals surface area (Å²) in [4.78, 5) is 4.27. The van der Waals surface area contributed by atoms with Gasteiger partial charge >= 0.3 is 0 Å². The van der Waals surface area contributed by atoms with E-state index < -0.39 is 0 Å². The van der Waals surface area contributed by atoms with Crippen LogP contribution >= 0.6 is 0 Å². The number of pyridine rings is 1. The minimum atomic E-state index is -0.132. The predicted octanol–water partition coefficient (Wildman–Crippen LogP) is 2.44. The molecule has 2 heteroatoms. The van der Waals surface area contributed by atoms with E-state index >= 15 is 0 Å². The van der Waals surface area contributed by atoms with Crippen LogP contribution in [0.15, 0.2) is 48.7 Å².